The van der Waals surface area contributed by atoms with Gasteiger partial charge in [-0.3, -0.25) is 0 Å². The van der Waals surface area contributed by atoms with Crippen LogP contribution in [0.2, 0.25) is 0 Å². The number of halogens is 2. The van der Waals surface area contributed by atoms with E-state index in [4.69, 9.17) is 10.2 Å². The van der Waals surface area contributed by atoms with Gasteiger partial charge in [-0.1, -0.05) is 12.1 Å². The Hall–Kier alpha value is -2.76. The van der Waals surface area contributed by atoms with E-state index < -0.39 is 23.6 Å². The molecule has 0 amide bonds. The molecule has 0 fully saturated rings. The summed E-state index contributed by atoms with van der Waals surface area (Å²) in [4.78, 5) is 20.4. The molecule has 0 saturated carbocycles. The molecule has 104 valence electrons. The molecule has 0 aliphatic heterocycles. The normalized spacial score (nSPS) is 9.30. The molecule has 0 unspecified atom stereocenters. The van der Waals surface area contributed by atoms with Gasteiger partial charge in [-0.15, -0.1) is 0 Å². The lowest BCUT2D eigenvalue weighted by Crippen LogP contribution is -1.95. The number of carboxylic acid groups (broad SMARTS) is 2. The summed E-state index contributed by atoms with van der Waals surface area (Å²) in [7, 11) is 0. The predicted molar refractivity (Wildman–Crippen MR) is 66.7 cm³/mol. The number of benzene rings is 2. The summed E-state index contributed by atoms with van der Waals surface area (Å²) < 4.78 is 24.5. The summed E-state index contributed by atoms with van der Waals surface area (Å²) in [5.41, 5.74) is -0.0556. The highest BCUT2D eigenvalue weighted by Gasteiger charge is 2.01. The lowest BCUT2D eigenvalue weighted by Gasteiger charge is -1.91. The van der Waals surface area contributed by atoms with E-state index in [2.05, 4.69) is 0 Å². The van der Waals surface area contributed by atoms with Crippen molar-refractivity contribution in [2.75, 3.05) is 0 Å². The van der Waals surface area contributed by atoms with Crippen LogP contribution in [0.25, 0.3) is 0 Å². The zero-order valence-corrected chi connectivity index (χ0v) is 10.1. The van der Waals surface area contributed by atoms with Gasteiger partial charge in [0.1, 0.15) is 11.6 Å². The Morgan fingerprint density at radius 1 is 0.750 bits per heavy atom. The van der Waals surface area contributed by atoms with Crippen LogP contribution >= 0.6 is 0 Å². The van der Waals surface area contributed by atoms with Gasteiger partial charge < -0.3 is 10.2 Å². The van der Waals surface area contributed by atoms with Gasteiger partial charge in [0.25, 0.3) is 0 Å². The quantitative estimate of drug-likeness (QED) is 0.886. The maximum absolute atomic E-state index is 12.3. The van der Waals surface area contributed by atoms with Gasteiger partial charge in [-0.2, -0.15) is 0 Å². The molecule has 4 nitrogen and oxygen atoms in total. The fourth-order valence-electron chi connectivity index (χ4n) is 1.24. The average Bonchev–Trinajstić information content (AvgIpc) is 2.39. The summed E-state index contributed by atoms with van der Waals surface area (Å²) in [5, 5.41) is 16.7. The van der Waals surface area contributed by atoms with Gasteiger partial charge in [0.05, 0.1) is 11.1 Å². The summed E-state index contributed by atoms with van der Waals surface area (Å²) in [6.45, 7) is 0. The van der Waals surface area contributed by atoms with Gasteiger partial charge in [-0.25, -0.2) is 18.4 Å². The molecule has 0 spiro atoms. The van der Waals surface area contributed by atoms with Crippen LogP contribution in [0.3, 0.4) is 0 Å². The van der Waals surface area contributed by atoms with E-state index in [1.54, 1.807) is 0 Å². The second kappa shape index (κ2) is 6.98. The van der Waals surface area contributed by atoms with Crippen molar-refractivity contribution in [2.45, 2.75) is 0 Å². The second-order valence-electron chi connectivity index (χ2n) is 3.63. The Morgan fingerprint density at radius 2 is 1.10 bits per heavy atom. The zero-order valence-electron chi connectivity index (χ0n) is 10.1. The molecule has 20 heavy (non-hydrogen) atoms. The van der Waals surface area contributed by atoms with Gasteiger partial charge >= 0.3 is 11.9 Å². The first-order valence-corrected chi connectivity index (χ1v) is 5.38. The minimum Gasteiger partial charge on any atom is -0.478 e. The minimum absolute atomic E-state index is 0.0278. The van der Waals surface area contributed by atoms with E-state index >= 15 is 0 Å². The van der Waals surface area contributed by atoms with E-state index in [1.165, 1.54) is 36.4 Å². The van der Waals surface area contributed by atoms with E-state index in [0.717, 1.165) is 12.1 Å². The van der Waals surface area contributed by atoms with Crippen molar-refractivity contribution in [3.05, 3.63) is 71.3 Å². The first-order valence-electron chi connectivity index (χ1n) is 5.38. The number of carbonyl (C=O) groups is 2. The zero-order chi connectivity index (χ0) is 15.1. The lowest BCUT2D eigenvalue weighted by atomic mass is 10.2. The molecule has 2 aromatic rings. The van der Waals surface area contributed by atoms with Crippen LogP contribution < -0.4 is 0 Å². The molecule has 2 aromatic carbocycles. The monoisotopic (exact) mass is 280 g/mol. The van der Waals surface area contributed by atoms with Crippen molar-refractivity contribution in [1.29, 1.82) is 0 Å². The Bertz CT molecular complexity index is 571. The molecular formula is C14H10F2O4. The van der Waals surface area contributed by atoms with Crippen LogP contribution in [0.1, 0.15) is 20.7 Å². The van der Waals surface area contributed by atoms with Gasteiger partial charge in [0, 0.05) is 0 Å². The molecule has 2 rings (SSSR count). The number of hydrogen-bond acceptors (Lipinski definition) is 2. The Balaban J connectivity index is 0.000000200. The predicted octanol–water partition coefficient (Wildman–Crippen LogP) is 3.05. The maximum atomic E-state index is 12.3. The van der Waals surface area contributed by atoms with Gasteiger partial charge in [0.2, 0.25) is 0 Å². The number of hydrogen-bond donors (Lipinski definition) is 2. The van der Waals surface area contributed by atoms with Crippen LogP contribution in [0, 0.1) is 11.6 Å². The highest BCUT2D eigenvalue weighted by atomic mass is 19.1. The second-order valence-corrected chi connectivity index (χ2v) is 3.63. The van der Waals surface area contributed by atoms with Crippen LogP contribution in [-0.4, -0.2) is 22.2 Å². The smallest absolute Gasteiger partial charge is 0.335 e. The van der Waals surface area contributed by atoms with Crippen LogP contribution in [-0.2, 0) is 0 Å². The SMILES string of the molecule is O=C(O)c1cccc(F)c1.O=C(O)c1cccc(F)c1. The minimum atomic E-state index is -1.11. The standard InChI is InChI=1S/2C7H5FO2/c2*8-6-3-1-2-5(4-6)7(9)10/h2*1-4H,(H,9,10). The fraction of sp³-hybridized carbons (Fsp3) is 0. The third-order valence-electron chi connectivity index (χ3n) is 2.14. The maximum Gasteiger partial charge on any atom is 0.335 e. The van der Waals surface area contributed by atoms with Crippen molar-refractivity contribution >= 4 is 11.9 Å². The van der Waals surface area contributed by atoms with E-state index in [1.807, 2.05) is 0 Å². The molecular weight excluding hydrogens is 270 g/mol. The highest BCUT2D eigenvalue weighted by molar-refractivity contribution is 5.87. The first kappa shape index (κ1) is 15.3. The molecule has 2 N–H and O–H groups in total. The van der Waals surface area contributed by atoms with E-state index in [0.29, 0.717) is 0 Å². The molecule has 0 bridgehead atoms. The molecule has 0 heterocycles. The Morgan fingerprint density at radius 3 is 1.30 bits per heavy atom. The van der Waals surface area contributed by atoms with Crippen molar-refractivity contribution in [3.8, 4) is 0 Å². The van der Waals surface area contributed by atoms with Crippen molar-refractivity contribution in [1.82, 2.24) is 0 Å². The summed E-state index contributed by atoms with van der Waals surface area (Å²) in [6, 6.07) is 9.75. The molecule has 0 atom stereocenters. The highest BCUT2D eigenvalue weighted by Crippen LogP contribution is 2.02. The molecule has 0 radical (unpaired) electrons. The van der Waals surface area contributed by atoms with Crippen LogP contribution in [0.15, 0.2) is 48.5 Å². The largest absolute Gasteiger partial charge is 0.478 e. The molecule has 0 aliphatic rings. The van der Waals surface area contributed by atoms with Crippen molar-refractivity contribution in [2.24, 2.45) is 0 Å². The van der Waals surface area contributed by atoms with Crippen molar-refractivity contribution < 1.29 is 28.6 Å². The van der Waals surface area contributed by atoms with Gasteiger partial charge in [-0.05, 0) is 36.4 Å². The fourth-order valence-corrected chi connectivity index (χ4v) is 1.24. The third kappa shape index (κ3) is 4.85. The third-order valence-corrected chi connectivity index (χ3v) is 2.14. The molecule has 6 heteroatoms. The van der Waals surface area contributed by atoms with Gasteiger partial charge in [0.15, 0.2) is 0 Å². The number of rotatable bonds is 2. The molecule has 0 aromatic heterocycles. The molecule has 0 aliphatic carbocycles. The average molecular weight is 280 g/mol. The topological polar surface area (TPSA) is 74.6 Å². The van der Waals surface area contributed by atoms with Crippen molar-refractivity contribution in [3.63, 3.8) is 0 Å². The summed E-state index contributed by atoms with van der Waals surface area (Å²) in [6.07, 6.45) is 0. The number of carboxylic acids is 2. The Kier molecular flexibility index (Phi) is 5.34. The van der Waals surface area contributed by atoms with E-state index in [9.17, 15) is 18.4 Å². The number of aromatic carboxylic acids is 2. The Labute approximate surface area is 112 Å². The summed E-state index contributed by atoms with van der Waals surface area (Å²) in [5.74, 6) is -3.28. The van der Waals surface area contributed by atoms with Crippen LogP contribution in [0.5, 0.6) is 0 Å². The lowest BCUT2D eigenvalue weighted by molar-refractivity contribution is 0.0685. The molecule has 0 saturated heterocycles. The van der Waals surface area contributed by atoms with Crippen LogP contribution in [0.4, 0.5) is 8.78 Å². The first-order chi connectivity index (χ1) is 9.40. The summed E-state index contributed by atoms with van der Waals surface area (Å²) >= 11 is 0. The van der Waals surface area contributed by atoms with E-state index in [-0.39, 0.29) is 11.1 Å².